The van der Waals surface area contributed by atoms with E-state index in [1.165, 1.54) is 20.8 Å². The molecular weight excluding hydrogens is 384 g/mol. The number of ether oxygens (including phenoxy) is 2. The number of nitrogens with zero attached hydrogens (tertiary/aromatic N) is 2. The highest BCUT2D eigenvalue weighted by Gasteiger charge is 2.33. The molecular formula is C19H26N2O8. The number of carbonyl (C=O) groups is 6. The third-order valence-electron chi connectivity index (χ3n) is 4.24. The van der Waals surface area contributed by atoms with E-state index < -0.39 is 47.7 Å². The van der Waals surface area contributed by atoms with E-state index in [2.05, 4.69) is 0 Å². The summed E-state index contributed by atoms with van der Waals surface area (Å²) in [5.41, 5.74) is 0. The summed E-state index contributed by atoms with van der Waals surface area (Å²) < 4.78 is 10.1. The molecule has 2 unspecified atom stereocenters. The number of carbonyl (C=O) groups excluding carboxylic acids is 6. The zero-order chi connectivity index (χ0) is 22.1. The summed E-state index contributed by atoms with van der Waals surface area (Å²) >= 11 is 0. The summed E-state index contributed by atoms with van der Waals surface area (Å²) in [6.07, 6.45) is 3.02. The molecule has 0 aromatic heterocycles. The molecule has 0 saturated carbocycles. The first kappa shape index (κ1) is 24.0. The van der Waals surface area contributed by atoms with Gasteiger partial charge in [0, 0.05) is 25.5 Å². The highest BCUT2D eigenvalue weighted by atomic mass is 16.5. The van der Waals surface area contributed by atoms with Gasteiger partial charge in [-0.25, -0.2) is 9.59 Å². The molecule has 0 aromatic rings. The normalized spacial score (nSPS) is 15.1. The zero-order valence-electron chi connectivity index (χ0n) is 17.0. The molecule has 10 heteroatoms. The number of hydrogen-bond acceptors (Lipinski definition) is 8. The third-order valence-corrected chi connectivity index (χ3v) is 4.24. The molecule has 1 heterocycles. The van der Waals surface area contributed by atoms with Gasteiger partial charge < -0.3 is 9.47 Å². The lowest BCUT2D eigenvalue weighted by Crippen LogP contribution is -2.46. The van der Waals surface area contributed by atoms with Gasteiger partial charge in [-0.05, 0) is 26.7 Å². The lowest BCUT2D eigenvalue weighted by molar-refractivity contribution is -0.160. The van der Waals surface area contributed by atoms with Crippen LogP contribution in [0.25, 0.3) is 0 Å². The second-order valence-corrected chi connectivity index (χ2v) is 6.41. The molecule has 0 bridgehead atoms. The van der Waals surface area contributed by atoms with Gasteiger partial charge in [-0.3, -0.25) is 29.0 Å². The van der Waals surface area contributed by atoms with E-state index in [1.807, 2.05) is 0 Å². The van der Waals surface area contributed by atoms with Gasteiger partial charge in [-0.1, -0.05) is 6.92 Å². The van der Waals surface area contributed by atoms with Crippen molar-refractivity contribution in [2.75, 3.05) is 13.2 Å². The van der Waals surface area contributed by atoms with Crippen molar-refractivity contribution >= 4 is 35.6 Å². The third kappa shape index (κ3) is 6.51. The van der Waals surface area contributed by atoms with Crippen LogP contribution in [-0.2, 0) is 38.2 Å². The van der Waals surface area contributed by atoms with E-state index in [-0.39, 0.29) is 19.6 Å². The molecule has 0 spiro atoms. The van der Waals surface area contributed by atoms with Crippen LogP contribution in [0.4, 0.5) is 0 Å². The molecule has 160 valence electrons. The molecule has 0 aromatic carbocycles. The molecule has 0 saturated heterocycles. The molecule has 0 N–H and O–H groups in total. The topological polar surface area (TPSA) is 127 Å². The van der Waals surface area contributed by atoms with Crippen LogP contribution in [0.1, 0.15) is 47.0 Å². The SMILES string of the molecule is CCC(=O)N(C(C)=O)C(C)C(=O)OCCCCOC(=O)C(C)N1C(=O)C=CC1=O. The highest BCUT2D eigenvalue weighted by Crippen LogP contribution is 2.11. The average Bonchev–Trinajstić information content (AvgIpc) is 3.01. The molecule has 0 aliphatic carbocycles. The molecule has 1 rings (SSSR count). The van der Waals surface area contributed by atoms with Crippen molar-refractivity contribution in [1.82, 2.24) is 9.80 Å². The quantitative estimate of drug-likeness (QED) is 0.287. The van der Waals surface area contributed by atoms with E-state index in [0.717, 1.165) is 22.0 Å². The van der Waals surface area contributed by atoms with Crippen molar-refractivity contribution in [2.45, 2.75) is 59.0 Å². The Hall–Kier alpha value is -3.04. The van der Waals surface area contributed by atoms with Gasteiger partial charge in [0.25, 0.3) is 11.8 Å². The van der Waals surface area contributed by atoms with Crippen LogP contribution in [0.3, 0.4) is 0 Å². The Balaban J connectivity index is 2.31. The Morgan fingerprint density at radius 1 is 0.966 bits per heavy atom. The Labute approximate surface area is 168 Å². The molecule has 2 atom stereocenters. The average molecular weight is 410 g/mol. The molecule has 1 aliphatic rings. The van der Waals surface area contributed by atoms with Crippen LogP contribution in [0.2, 0.25) is 0 Å². The van der Waals surface area contributed by atoms with Gasteiger partial charge in [-0.2, -0.15) is 0 Å². The standard InChI is InChI=1S/C19H26N2O8/c1-5-15(23)20(14(4)22)12(2)18(26)28-10-6-7-11-29-19(27)13(3)21-16(24)8-9-17(21)25/h8-9,12-13H,5-7,10-11H2,1-4H3. The molecule has 0 fully saturated rings. The lowest BCUT2D eigenvalue weighted by Gasteiger charge is -2.24. The molecule has 1 aliphatic heterocycles. The van der Waals surface area contributed by atoms with Gasteiger partial charge in [0.2, 0.25) is 11.8 Å². The lowest BCUT2D eigenvalue weighted by atomic mass is 10.2. The van der Waals surface area contributed by atoms with Crippen molar-refractivity contribution < 1.29 is 38.2 Å². The fourth-order valence-electron chi connectivity index (χ4n) is 2.63. The summed E-state index contributed by atoms with van der Waals surface area (Å²) in [6.45, 7) is 5.64. The first-order valence-corrected chi connectivity index (χ1v) is 9.32. The van der Waals surface area contributed by atoms with Crippen molar-refractivity contribution in [3.63, 3.8) is 0 Å². The van der Waals surface area contributed by atoms with Gasteiger partial charge in [0.1, 0.15) is 12.1 Å². The van der Waals surface area contributed by atoms with Gasteiger partial charge in [-0.15, -0.1) is 0 Å². The van der Waals surface area contributed by atoms with Crippen molar-refractivity contribution in [2.24, 2.45) is 0 Å². The Kier molecular flexibility index (Phi) is 9.17. The second-order valence-electron chi connectivity index (χ2n) is 6.41. The van der Waals surface area contributed by atoms with Crippen molar-refractivity contribution in [3.05, 3.63) is 12.2 Å². The predicted octanol–water partition coefficient (Wildman–Crippen LogP) is 0.340. The first-order valence-electron chi connectivity index (χ1n) is 9.32. The van der Waals surface area contributed by atoms with Crippen LogP contribution in [-0.4, -0.2) is 70.7 Å². The van der Waals surface area contributed by atoms with Gasteiger partial charge in [0.15, 0.2) is 0 Å². The Morgan fingerprint density at radius 2 is 1.45 bits per heavy atom. The first-order chi connectivity index (χ1) is 13.6. The predicted molar refractivity (Wildman–Crippen MR) is 98.9 cm³/mol. The number of amides is 4. The van der Waals surface area contributed by atoms with Gasteiger partial charge in [0.05, 0.1) is 13.2 Å². The maximum absolute atomic E-state index is 12.0. The number of esters is 2. The van der Waals surface area contributed by atoms with E-state index in [1.54, 1.807) is 6.92 Å². The van der Waals surface area contributed by atoms with Crippen LogP contribution < -0.4 is 0 Å². The minimum atomic E-state index is -1.03. The van der Waals surface area contributed by atoms with Crippen molar-refractivity contribution in [1.29, 1.82) is 0 Å². The second kappa shape index (κ2) is 11.1. The number of rotatable bonds is 10. The zero-order valence-corrected chi connectivity index (χ0v) is 17.0. The Bertz CT molecular complexity index is 697. The van der Waals surface area contributed by atoms with Crippen molar-refractivity contribution in [3.8, 4) is 0 Å². The minimum Gasteiger partial charge on any atom is -0.464 e. The minimum absolute atomic E-state index is 0.0216. The molecule has 4 amide bonds. The maximum atomic E-state index is 12.0. The summed E-state index contributed by atoms with van der Waals surface area (Å²) in [4.78, 5) is 72.0. The molecule has 10 nitrogen and oxygen atoms in total. The van der Waals surface area contributed by atoms with Crippen LogP contribution in [0, 0.1) is 0 Å². The van der Waals surface area contributed by atoms with Crippen LogP contribution >= 0.6 is 0 Å². The van der Waals surface area contributed by atoms with Crippen LogP contribution in [0.15, 0.2) is 12.2 Å². The summed E-state index contributed by atoms with van der Waals surface area (Å²) in [6, 6.07) is -2.06. The smallest absolute Gasteiger partial charge is 0.329 e. The molecule has 0 radical (unpaired) electrons. The Morgan fingerprint density at radius 3 is 1.90 bits per heavy atom. The number of unbranched alkanes of at least 4 members (excludes halogenated alkanes) is 1. The van der Waals surface area contributed by atoms with E-state index in [0.29, 0.717) is 12.8 Å². The van der Waals surface area contributed by atoms with Gasteiger partial charge >= 0.3 is 11.9 Å². The van der Waals surface area contributed by atoms with Crippen LogP contribution in [0.5, 0.6) is 0 Å². The number of hydrogen-bond donors (Lipinski definition) is 0. The van der Waals surface area contributed by atoms with E-state index >= 15 is 0 Å². The summed E-state index contributed by atoms with van der Waals surface area (Å²) in [7, 11) is 0. The summed E-state index contributed by atoms with van der Waals surface area (Å²) in [5, 5.41) is 0. The van der Waals surface area contributed by atoms with E-state index in [4.69, 9.17) is 9.47 Å². The maximum Gasteiger partial charge on any atom is 0.329 e. The highest BCUT2D eigenvalue weighted by molar-refractivity contribution is 6.14. The summed E-state index contributed by atoms with van der Waals surface area (Å²) in [5.74, 6) is -3.55. The monoisotopic (exact) mass is 410 g/mol. The number of imide groups is 2. The fraction of sp³-hybridized carbons (Fsp3) is 0.579. The molecule has 29 heavy (non-hydrogen) atoms. The van der Waals surface area contributed by atoms with E-state index in [9.17, 15) is 28.8 Å². The largest absolute Gasteiger partial charge is 0.464 e. The fourth-order valence-corrected chi connectivity index (χ4v) is 2.63.